The van der Waals surface area contributed by atoms with Crippen LogP contribution in [0.4, 0.5) is 13.2 Å². The zero-order chi connectivity index (χ0) is 18.4. The summed E-state index contributed by atoms with van der Waals surface area (Å²) in [6.45, 7) is 0. The largest absolute Gasteiger partial charge is 0.416 e. The second-order valence-electron chi connectivity index (χ2n) is 6.34. The van der Waals surface area contributed by atoms with Gasteiger partial charge < -0.3 is 0 Å². The van der Waals surface area contributed by atoms with E-state index in [0.29, 0.717) is 18.6 Å². The van der Waals surface area contributed by atoms with E-state index in [2.05, 4.69) is 0 Å². The van der Waals surface area contributed by atoms with Crippen LogP contribution in [0, 0.1) is 5.92 Å². The Kier molecular flexibility index (Phi) is 4.54. The maximum absolute atomic E-state index is 13.0. The van der Waals surface area contributed by atoms with E-state index in [0.717, 1.165) is 29.3 Å². The smallest absolute Gasteiger partial charge is 0.289 e. The van der Waals surface area contributed by atoms with Crippen LogP contribution < -0.4 is 5.48 Å². The zero-order valence-corrected chi connectivity index (χ0v) is 13.8. The number of sulfonamides is 1. The first-order chi connectivity index (χ1) is 11.7. The Morgan fingerprint density at radius 2 is 1.84 bits per heavy atom. The normalized spacial score (nSPS) is 27.3. The van der Waals surface area contributed by atoms with Gasteiger partial charge >= 0.3 is 6.18 Å². The van der Waals surface area contributed by atoms with Gasteiger partial charge in [0.05, 0.1) is 10.5 Å². The van der Waals surface area contributed by atoms with Gasteiger partial charge in [-0.05, 0) is 49.4 Å². The van der Waals surface area contributed by atoms with E-state index in [4.69, 9.17) is 5.21 Å². The van der Waals surface area contributed by atoms with Crippen molar-refractivity contribution in [2.75, 3.05) is 0 Å². The van der Waals surface area contributed by atoms with Crippen molar-refractivity contribution in [2.24, 2.45) is 5.92 Å². The molecule has 1 heterocycles. The molecule has 0 spiro atoms. The lowest BCUT2D eigenvalue weighted by Crippen LogP contribution is -2.48. The van der Waals surface area contributed by atoms with Crippen LogP contribution in [0.15, 0.2) is 29.2 Å². The number of alkyl halides is 3. The minimum Gasteiger partial charge on any atom is -0.289 e. The molecule has 2 N–H and O–H groups in total. The average Bonchev–Trinajstić information content (AvgIpc) is 3.13. The lowest BCUT2D eigenvalue weighted by atomic mass is 10.0. The van der Waals surface area contributed by atoms with Gasteiger partial charge in [-0.15, -0.1) is 0 Å². The van der Waals surface area contributed by atoms with Crippen LogP contribution in [-0.2, 0) is 21.0 Å². The molecule has 1 saturated heterocycles. The molecule has 2 aliphatic rings. The van der Waals surface area contributed by atoms with E-state index in [1.54, 1.807) is 0 Å². The Morgan fingerprint density at radius 3 is 2.40 bits per heavy atom. The summed E-state index contributed by atoms with van der Waals surface area (Å²) in [4.78, 5) is 11.6. The number of nitrogens with zero attached hydrogens (tertiary/aromatic N) is 1. The second-order valence-corrected chi connectivity index (χ2v) is 8.19. The number of benzene rings is 1. The third-order valence-electron chi connectivity index (χ3n) is 4.95. The molecule has 1 amide bonds. The molecule has 0 aromatic heterocycles. The van der Waals surface area contributed by atoms with Crippen LogP contribution in [0.3, 0.4) is 0 Å². The van der Waals surface area contributed by atoms with Crippen LogP contribution in [0.2, 0.25) is 0 Å². The molecule has 0 radical (unpaired) electrons. The topological polar surface area (TPSA) is 86.7 Å². The molecule has 1 aliphatic carbocycles. The van der Waals surface area contributed by atoms with Crippen molar-refractivity contribution in [1.82, 2.24) is 9.79 Å². The van der Waals surface area contributed by atoms with E-state index in [-0.39, 0.29) is 23.3 Å². The van der Waals surface area contributed by atoms with Crippen LogP contribution in [0.25, 0.3) is 0 Å². The number of fused-ring (bicyclic) bond motifs is 1. The highest BCUT2D eigenvalue weighted by Crippen LogP contribution is 2.44. The summed E-state index contributed by atoms with van der Waals surface area (Å²) in [5.41, 5.74) is 0.537. The van der Waals surface area contributed by atoms with E-state index in [1.165, 1.54) is 5.48 Å². The molecule has 6 nitrogen and oxygen atoms in total. The Bertz CT molecular complexity index is 764. The molecule has 1 aliphatic heterocycles. The number of carbonyl (C=O) groups excluding carboxylic acids is 1. The van der Waals surface area contributed by atoms with Gasteiger partial charge in [-0.1, -0.05) is 6.42 Å². The predicted octanol–water partition coefficient (Wildman–Crippen LogP) is 2.14. The van der Waals surface area contributed by atoms with Gasteiger partial charge in [0.25, 0.3) is 5.91 Å². The highest BCUT2D eigenvalue weighted by Gasteiger charge is 2.52. The minimum absolute atomic E-state index is 0.00604. The lowest BCUT2D eigenvalue weighted by Gasteiger charge is -2.27. The highest BCUT2D eigenvalue weighted by molar-refractivity contribution is 7.89. The molecule has 3 rings (SSSR count). The fourth-order valence-electron chi connectivity index (χ4n) is 3.83. The summed E-state index contributed by atoms with van der Waals surface area (Å²) >= 11 is 0. The monoisotopic (exact) mass is 378 g/mol. The van der Waals surface area contributed by atoms with Crippen LogP contribution in [-0.4, -0.2) is 35.9 Å². The minimum atomic E-state index is -4.56. The second kappa shape index (κ2) is 6.26. The van der Waals surface area contributed by atoms with Gasteiger partial charge in [-0.25, -0.2) is 13.9 Å². The number of halogens is 3. The summed E-state index contributed by atoms with van der Waals surface area (Å²) in [6.07, 6.45) is -2.09. The standard InChI is InChI=1S/C15H17F3N2O4S/c16-15(17,18)10-4-6-11(7-5-10)25(23,24)20-12-3-1-2-9(12)8-13(20)14(21)19-22/h4-7,9,12-13,22H,1-3,8H2,(H,19,21). The summed E-state index contributed by atoms with van der Waals surface area (Å²) in [5.74, 6) is -0.823. The van der Waals surface area contributed by atoms with Gasteiger partial charge in [-0.3, -0.25) is 10.0 Å². The molecule has 0 bridgehead atoms. The van der Waals surface area contributed by atoms with Crippen molar-refractivity contribution >= 4 is 15.9 Å². The molecule has 25 heavy (non-hydrogen) atoms. The fourth-order valence-corrected chi connectivity index (χ4v) is 5.70. The van der Waals surface area contributed by atoms with Gasteiger partial charge in [0.2, 0.25) is 10.0 Å². The molecule has 1 aromatic carbocycles. The molecular weight excluding hydrogens is 361 g/mol. The van der Waals surface area contributed by atoms with E-state index in [9.17, 15) is 26.4 Å². The number of hydroxylamine groups is 1. The van der Waals surface area contributed by atoms with Crippen molar-refractivity contribution < 1.29 is 31.6 Å². The van der Waals surface area contributed by atoms with Gasteiger partial charge in [0.15, 0.2) is 0 Å². The molecule has 3 unspecified atom stereocenters. The SMILES string of the molecule is O=C(NO)C1CC2CCCC2N1S(=O)(=O)c1ccc(C(F)(F)F)cc1. The number of nitrogens with one attached hydrogen (secondary N) is 1. The average molecular weight is 378 g/mol. The Morgan fingerprint density at radius 1 is 1.20 bits per heavy atom. The quantitative estimate of drug-likeness (QED) is 0.623. The highest BCUT2D eigenvalue weighted by atomic mass is 32.2. The summed E-state index contributed by atoms with van der Waals surface area (Å²) in [7, 11) is -4.17. The van der Waals surface area contributed by atoms with Gasteiger partial charge in [0, 0.05) is 6.04 Å². The van der Waals surface area contributed by atoms with Crippen molar-refractivity contribution in [3.8, 4) is 0 Å². The molecule has 10 heteroatoms. The molecule has 1 saturated carbocycles. The maximum Gasteiger partial charge on any atom is 0.416 e. The van der Waals surface area contributed by atoms with Crippen LogP contribution >= 0.6 is 0 Å². The first-order valence-electron chi connectivity index (χ1n) is 7.81. The molecular formula is C15H17F3N2O4S. The molecule has 138 valence electrons. The third-order valence-corrected chi connectivity index (χ3v) is 6.90. The fraction of sp³-hybridized carbons (Fsp3) is 0.533. The van der Waals surface area contributed by atoms with E-state index in [1.807, 2.05) is 0 Å². The zero-order valence-electron chi connectivity index (χ0n) is 13.0. The molecule has 2 fully saturated rings. The Labute approximate surface area is 142 Å². The van der Waals surface area contributed by atoms with E-state index < -0.39 is 33.7 Å². The number of hydrogen-bond donors (Lipinski definition) is 2. The first-order valence-corrected chi connectivity index (χ1v) is 9.25. The van der Waals surface area contributed by atoms with E-state index >= 15 is 0 Å². The lowest BCUT2D eigenvalue weighted by molar-refractivity contribution is -0.137. The van der Waals surface area contributed by atoms with Crippen molar-refractivity contribution in [3.63, 3.8) is 0 Å². The van der Waals surface area contributed by atoms with Crippen molar-refractivity contribution in [2.45, 2.75) is 48.8 Å². The van der Waals surface area contributed by atoms with Crippen molar-refractivity contribution in [3.05, 3.63) is 29.8 Å². The molecule has 1 aromatic rings. The predicted molar refractivity (Wildman–Crippen MR) is 79.9 cm³/mol. The summed E-state index contributed by atoms with van der Waals surface area (Å²) < 4.78 is 65.0. The number of carbonyl (C=O) groups is 1. The molecule has 3 atom stereocenters. The Hall–Kier alpha value is -1.65. The van der Waals surface area contributed by atoms with Crippen LogP contribution in [0.1, 0.15) is 31.2 Å². The Balaban J connectivity index is 1.97. The number of rotatable bonds is 3. The summed E-state index contributed by atoms with van der Waals surface area (Å²) in [5, 5.41) is 8.89. The van der Waals surface area contributed by atoms with Gasteiger partial charge in [-0.2, -0.15) is 17.5 Å². The number of hydrogen-bond acceptors (Lipinski definition) is 4. The maximum atomic E-state index is 13.0. The summed E-state index contributed by atoms with van der Waals surface area (Å²) in [6, 6.07) is 1.76. The van der Waals surface area contributed by atoms with Crippen molar-refractivity contribution in [1.29, 1.82) is 0 Å². The number of amides is 1. The van der Waals surface area contributed by atoms with Crippen LogP contribution in [0.5, 0.6) is 0 Å². The van der Waals surface area contributed by atoms with Gasteiger partial charge in [0.1, 0.15) is 6.04 Å². The first kappa shape index (κ1) is 18.2. The third kappa shape index (κ3) is 3.13.